The number of halogens is 11. The lowest BCUT2D eigenvalue weighted by Crippen LogP contribution is -2.53. The molecule has 3 fully saturated rings. The fourth-order valence-electron chi connectivity index (χ4n) is 9.63. The second-order valence-electron chi connectivity index (χ2n) is 15.5. The van der Waals surface area contributed by atoms with Crippen molar-refractivity contribution in [3.8, 4) is 17.2 Å². The van der Waals surface area contributed by atoms with Crippen molar-refractivity contribution in [2.75, 3.05) is 24.5 Å². The van der Waals surface area contributed by atoms with E-state index in [2.05, 4.69) is 10.4 Å². The van der Waals surface area contributed by atoms with E-state index in [0.29, 0.717) is 17.3 Å². The van der Waals surface area contributed by atoms with Crippen LogP contribution >= 0.6 is 23.2 Å². The van der Waals surface area contributed by atoms with E-state index in [-0.39, 0.29) is 68.5 Å². The summed E-state index contributed by atoms with van der Waals surface area (Å²) < 4.78 is 136. The van der Waals surface area contributed by atoms with Crippen molar-refractivity contribution in [3.05, 3.63) is 116 Å². The Hall–Kier alpha value is -6.02. The molecule has 1 aromatic heterocycles. The number of aromatic nitrogens is 1. The lowest BCUT2D eigenvalue weighted by atomic mass is 9.49. The molecule has 11 nitrogen and oxygen atoms in total. The van der Waals surface area contributed by atoms with Gasteiger partial charge >= 0.3 is 18.5 Å². The molecule has 3 heterocycles. The Morgan fingerprint density at radius 1 is 0.766 bits per heavy atom. The molecule has 336 valence electrons. The Labute approximate surface area is 365 Å². The van der Waals surface area contributed by atoms with Crippen LogP contribution in [0.4, 0.5) is 51.0 Å². The highest BCUT2D eigenvalue weighted by Crippen LogP contribution is 2.66. The summed E-state index contributed by atoms with van der Waals surface area (Å²) in [6, 6.07) is 8.87. The van der Waals surface area contributed by atoms with Gasteiger partial charge in [-0.2, -0.15) is 44.5 Å². The summed E-state index contributed by atoms with van der Waals surface area (Å²) >= 11 is 12.5. The topological polar surface area (TPSA) is 138 Å². The quantitative estimate of drug-likeness (QED) is 0.106. The number of anilines is 2. The standard InChI is InChI=1S/C42H29Cl2F9N4O7/c1-63-29-13-23(58)14-30(64-2)32(29)33-24-7-8-25-31(37(61)56(35(25)59)22-10-18(40(45,46)47)9-19(11-22)41(48,49)50)26(24)15-27-36(60)57(38(62)39(27,33)17-3-5-21(43)6-4-17)55-34-28(44)12-20(16-54-34)42(51,52)53/h3-7,9-14,16,25-27,31,33,58H,8,15H2,1-2H3,(H,54,55)/t25-,26+,27-,31-,33+,39+/m0/s1. The Balaban J connectivity index is 1.35. The normalized spacial score (nSPS) is 24.6. The van der Waals surface area contributed by atoms with E-state index in [1.54, 1.807) is 0 Å². The summed E-state index contributed by atoms with van der Waals surface area (Å²) in [5.74, 6) is -12.8. The van der Waals surface area contributed by atoms with Crippen LogP contribution in [0.2, 0.25) is 10.0 Å². The van der Waals surface area contributed by atoms with Gasteiger partial charge in [-0.15, -0.1) is 0 Å². The van der Waals surface area contributed by atoms with Crippen molar-refractivity contribution in [1.82, 2.24) is 9.99 Å². The Morgan fingerprint density at radius 2 is 1.34 bits per heavy atom. The molecule has 6 atom stereocenters. The summed E-state index contributed by atoms with van der Waals surface area (Å²) in [7, 11) is 2.43. The first-order valence-corrected chi connectivity index (χ1v) is 19.6. The van der Waals surface area contributed by atoms with Gasteiger partial charge in [0.15, 0.2) is 5.82 Å². The molecule has 8 rings (SSSR count). The van der Waals surface area contributed by atoms with Crippen LogP contribution in [0.1, 0.15) is 46.6 Å². The van der Waals surface area contributed by atoms with Gasteiger partial charge in [-0.1, -0.05) is 47.0 Å². The van der Waals surface area contributed by atoms with E-state index in [0.717, 1.165) is 0 Å². The number of aromatic hydroxyl groups is 1. The van der Waals surface area contributed by atoms with E-state index in [1.165, 1.54) is 56.7 Å². The second kappa shape index (κ2) is 15.3. The molecule has 2 saturated heterocycles. The lowest BCUT2D eigenvalue weighted by Gasteiger charge is -2.51. The van der Waals surface area contributed by atoms with Crippen LogP contribution in [-0.2, 0) is 43.1 Å². The number of hydrazine groups is 1. The maximum Gasteiger partial charge on any atom is 0.417 e. The number of alkyl halides is 9. The van der Waals surface area contributed by atoms with Gasteiger partial charge < -0.3 is 14.6 Å². The molecule has 64 heavy (non-hydrogen) atoms. The first-order chi connectivity index (χ1) is 29.9. The van der Waals surface area contributed by atoms with Crippen LogP contribution in [0.5, 0.6) is 17.2 Å². The van der Waals surface area contributed by atoms with Crippen LogP contribution < -0.4 is 19.8 Å². The molecule has 2 aliphatic heterocycles. The van der Waals surface area contributed by atoms with Crippen LogP contribution in [0, 0.1) is 23.7 Å². The van der Waals surface area contributed by atoms with Crippen molar-refractivity contribution >= 4 is 58.3 Å². The number of nitrogens with zero attached hydrogens (tertiary/aromatic N) is 3. The van der Waals surface area contributed by atoms with E-state index in [9.17, 15) is 54.2 Å². The molecule has 0 unspecified atom stereocenters. The zero-order valence-corrected chi connectivity index (χ0v) is 34.1. The second-order valence-corrected chi connectivity index (χ2v) is 16.3. The number of allylic oxidation sites excluding steroid dienone is 2. The monoisotopic (exact) mass is 942 g/mol. The lowest BCUT2D eigenvalue weighted by molar-refractivity contribution is -0.143. The minimum Gasteiger partial charge on any atom is -0.508 e. The predicted molar refractivity (Wildman–Crippen MR) is 207 cm³/mol. The maximum absolute atomic E-state index is 15.5. The number of carbonyl (C=O) groups excluding carboxylic acids is 4. The van der Waals surface area contributed by atoms with Crippen molar-refractivity contribution in [1.29, 1.82) is 0 Å². The molecule has 4 aromatic rings. The SMILES string of the molecule is COc1cc(O)cc(OC)c1[C@H]1C2=CC[C@@H]3C(=O)N(c4cc(C(F)(F)F)cc(C(F)(F)F)c4)C(=O)[C@@H]3[C@@H]2C[C@H]2C(=O)N(Nc3ncc(C(F)(F)F)cc3Cl)C(=O)[C@@]12c1ccc(Cl)cc1. The van der Waals surface area contributed by atoms with Gasteiger partial charge in [0.25, 0.3) is 11.8 Å². The van der Waals surface area contributed by atoms with Gasteiger partial charge in [0.05, 0.1) is 64.8 Å². The Kier molecular flexibility index (Phi) is 10.7. The highest BCUT2D eigenvalue weighted by Gasteiger charge is 2.71. The first-order valence-electron chi connectivity index (χ1n) is 18.9. The smallest absolute Gasteiger partial charge is 0.417 e. The third-order valence-electron chi connectivity index (χ3n) is 12.2. The van der Waals surface area contributed by atoms with Crippen LogP contribution in [-0.4, -0.2) is 52.9 Å². The van der Waals surface area contributed by atoms with Crippen LogP contribution in [0.25, 0.3) is 0 Å². The number of nitrogens with one attached hydrogen (secondary N) is 1. The molecule has 0 radical (unpaired) electrons. The van der Waals surface area contributed by atoms with E-state index >= 15 is 9.59 Å². The third kappa shape index (κ3) is 6.96. The van der Waals surface area contributed by atoms with Crippen molar-refractivity contribution in [2.45, 2.75) is 42.7 Å². The zero-order valence-electron chi connectivity index (χ0n) is 32.6. The van der Waals surface area contributed by atoms with Gasteiger partial charge in [-0.3, -0.25) is 24.6 Å². The molecule has 4 aliphatic rings. The number of carbonyl (C=O) groups is 4. The number of pyridine rings is 1. The molecule has 2 aliphatic carbocycles. The van der Waals surface area contributed by atoms with Gasteiger partial charge in [0, 0.05) is 34.8 Å². The van der Waals surface area contributed by atoms with E-state index in [4.69, 9.17) is 32.7 Å². The fourth-order valence-corrected chi connectivity index (χ4v) is 9.96. The molecule has 1 saturated carbocycles. The highest BCUT2D eigenvalue weighted by atomic mass is 35.5. The number of methoxy groups -OCH3 is 2. The Morgan fingerprint density at radius 3 is 1.88 bits per heavy atom. The third-order valence-corrected chi connectivity index (χ3v) is 12.7. The number of rotatable bonds is 7. The number of amides is 4. The number of fused-ring (bicyclic) bond motifs is 4. The average Bonchev–Trinajstić information content (AvgIpc) is 3.60. The van der Waals surface area contributed by atoms with Gasteiger partial charge in [-0.05, 0) is 60.7 Å². The van der Waals surface area contributed by atoms with Gasteiger partial charge in [0.2, 0.25) is 11.8 Å². The van der Waals surface area contributed by atoms with Gasteiger partial charge in [0.1, 0.15) is 17.2 Å². The number of phenols is 1. The molecular weight excluding hydrogens is 914 g/mol. The van der Waals surface area contributed by atoms with Crippen molar-refractivity contribution < 1.29 is 73.3 Å². The average molecular weight is 944 g/mol. The number of phenolic OH excluding ortho intramolecular Hbond substituents is 1. The molecule has 2 N–H and O–H groups in total. The molecular formula is C42H29Cl2F9N4O7. The summed E-state index contributed by atoms with van der Waals surface area (Å²) in [5, 5.41) is 10.8. The summed E-state index contributed by atoms with van der Waals surface area (Å²) in [6.07, 6.45) is -14.4. The minimum atomic E-state index is -5.33. The van der Waals surface area contributed by atoms with E-state index < -0.39 is 117 Å². The summed E-state index contributed by atoms with van der Waals surface area (Å²) in [6.45, 7) is 0. The number of hydrogen-bond donors (Lipinski definition) is 2. The predicted octanol–water partition coefficient (Wildman–Crippen LogP) is 9.36. The largest absolute Gasteiger partial charge is 0.508 e. The number of benzene rings is 3. The number of hydrogen-bond acceptors (Lipinski definition) is 9. The Bertz CT molecular complexity index is 2620. The number of imide groups is 2. The molecule has 22 heteroatoms. The van der Waals surface area contributed by atoms with Crippen molar-refractivity contribution in [3.63, 3.8) is 0 Å². The minimum absolute atomic E-state index is 0.0205. The molecule has 0 spiro atoms. The summed E-state index contributed by atoms with van der Waals surface area (Å²) in [5.41, 5.74) is -5.15. The number of ether oxygens (including phenoxy) is 2. The summed E-state index contributed by atoms with van der Waals surface area (Å²) in [4.78, 5) is 63.4. The van der Waals surface area contributed by atoms with Crippen LogP contribution in [0.3, 0.4) is 0 Å². The van der Waals surface area contributed by atoms with Crippen LogP contribution in [0.15, 0.2) is 78.5 Å². The zero-order chi connectivity index (χ0) is 46.6. The van der Waals surface area contributed by atoms with Crippen molar-refractivity contribution in [2.24, 2.45) is 23.7 Å². The van der Waals surface area contributed by atoms with E-state index in [1.807, 2.05) is 0 Å². The fraction of sp³-hybridized carbons (Fsp3) is 0.310. The molecule has 4 amide bonds. The highest BCUT2D eigenvalue weighted by molar-refractivity contribution is 6.33. The molecule has 3 aromatic carbocycles. The first kappa shape index (κ1) is 44.6. The van der Waals surface area contributed by atoms with Gasteiger partial charge in [-0.25, -0.2) is 9.88 Å². The molecule has 0 bridgehead atoms. The maximum atomic E-state index is 15.5.